The highest BCUT2D eigenvalue weighted by Gasteiger charge is 2.17. The average Bonchev–Trinajstić information content (AvgIpc) is 2.97. The molecular formula is C20H20N2O2. The van der Waals surface area contributed by atoms with Crippen LogP contribution < -0.4 is 0 Å². The summed E-state index contributed by atoms with van der Waals surface area (Å²) in [6, 6.07) is 19.7. The molecule has 0 aliphatic heterocycles. The molecule has 1 aromatic heterocycles. The molecule has 1 amide bonds. The van der Waals surface area contributed by atoms with E-state index in [1.54, 1.807) is 11.8 Å². The van der Waals surface area contributed by atoms with Crippen molar-refractivity contribution in [3.05, 3.63) is 77.7 Å². The number of aryl methyl sites for hydroxylation is 1. The molecule has 4 heteroatoms. The van der Waals surface area contributed by atoms with Crippen molar-refractivity contribution in [2.45, 2.75) is 26.9 Å². The van der Waals surface area contributed by atoms with E-state index in [-0.39, 0.29) is 5.91 Å². The van der Waals surface area contributed by atoms with Crippen molar-refractivity contribution in [2.24, 2.45) is 0 Å². The minimum absolute atomic E-state index is 0.0162. The summed E-state index contributed by atoms with van der Waals surface area (Å²) in [5, 5.41) is 0. The molecule has 0 saturated heterocycles. The van der Waals surface area contributed by atoms with Gasteiger partial charge < -0.3 is 9.32 Å². The summed E-state index contributed by atoms with van der Waals surface area (Å²) in [5.74, 6) is 1.35. The van der Waals surface area contributed by atoms with Gasteiger partial charge >= 0.3 is 0 Å². The third-order valence-electron chi connectivity index (χ3n) is 3.92. The molecule has 122 valence electrons. The van der Waals surface area contributed by atoms with Gasteiger partial charge in [-0.15, -0.1) is 0 Å². The lowest BCUT2D eigenvalue weighted by Crippen LogP contribution is -2.28. The Morgan fingerprint density at radius 2 is 1.62 bits per heavy atom. The van der Waals surface area contributed by atoms with Crippen LogP contribution in [0.4, 0.5) is 0 Å². The molecule has 2 aromatic carbocycles. The van der Waals surface area contributed by atoms with E-state index in [1.807, 2.05) is 67.6 Å². The van der Waals surface area contributed by atoms with Gasteiger partial charge in [0.25, 0.3) is 0 Å². The third kappa shape index (κ3) is 3.71. The molecule has 0 spiro atoms. The van der Waals surface area contributed by atoms with E-state index in [2.05, 4.69) is 4.98 Å². The van der Waals surface area contributed by atoms with Gasteiger partial charge in [-0.1, -0.05) is 48.5 Å². The Labute approximate surface area is 141 Å². The van der Waals surface area contributed by atoms with E-state index >= 15 is 0 Å². The third-order valence-corrected chi connectivity index (χ3v) is 3.92. The number of benzene rings is 2. The van der Waals surface area contributed by atoms with Gasteiger partial charge in [-0.05, 0) is 24.6 Å². The van der Waals surface area contributed by atoms with Crippen LogP contribution in [0.2, 0.25) is 0 Å². The van der Waals surface area contributed by atoms with Crippen LogP contribution in [0.3, 0.4) is 0 Å². The van der Waals surface area contributed by atoms with Gasteiger partial charge in [0, 0.05) is 19.0 Å². The van der Waals surface area contributed by atoms with E-state index in [1.165, 1.54) is 0 Å². The second-order valence-electron chi connectivity index (χ2n) is 5.75. The van der Waals surface area contributed by atoms with Crippen LogP contribution in [0, 0.1) is 6.92 Å². The summed E-state index contributed by atoms with van der Waals surface area (Å²) in [4.78, 5) is 18.4. The Morgan fingerprint density at radius 3 is 2.25 bits per heavy atom. The van der Waals surface area contributed by atoms with Crippen molar-refractivity contribution in [3.8, 4) is 11.5 Å². The molecule has 0 aliphatic rings. The molecule has 0 aliphatic carbocycles. The summed E-state index contributed by atoms with van der Waals surface area (Å²) in [6.07, 6.45) is 0. The van der Waals surface area contributed by atoms with Gasteiger partial charge in [0.15, 0.2) is 0 Å². The number of carbonyl (C=O) groups excluding carboxylic acids is 1. The Balaban J connectivity index is 1.80. The maximum Gasteiger partial charge on any atom is 0.226 e. The lowest BCUT2D eigenvalue weighted by atomic mass is 10.2. The number of oxazole rings is 1. The number of rotatable bonds is 5. The summed E-state index contributed by atoms with van der Waals surface area (Å²) in [7, 11) is 0. The number of carbonyl (C=O) groups is 1. The first-order valence-electron chi connectivity index (χ1n) is 7.94. The lowest BCUT2D eigenvalue weighted by Gasteiger charge is -2.20. The van der Waals surface area contributed by atoms with Crippen LogP contribution >= 0.6 is 0 Å². The van der Waals surface area contributed by atoms with Gasteiger partial charge in [0.2, 0.25) is 11.8 Å². The first kappa shape index (κ1) is 16.0. The Bertz CT molecular complexity index is 810. The van der Waals surface area contributed by atoms with Gasteiger partial charge in [0.05, 0.1) is 6.54 Å². The monoisotopic (exact) mass is 320 g/mol. The second-order valence-corrected chi connectivity index (χ2v) is 5.75. The van der Waals surface area contributed by atoms with Crippen molar-refractivity contribution < 1.29 is 9.21 Å². The van der Waals surface area contributed by atoms with Crippen LogP contribution in [0.25, 0.3) is 11.5 Å². The number of hydrogen-bond donors (Lipinski definition) is 0. The Hall–Kier alpha value is -2.88. The fourth-order valence-corrected chi connectivity index (χ4v) is 2.54. The number of nitrogens with zero attached hydrogens (tertiary/aromatic N) is 2. The van der Waals surface area contributed by atoms with Gasteiger partial charge in [-0.25, -0.2) is 4.98 Å². The number of aromatic nitrogens is 1. The number of hydrogen-bond acceptors (Lipinski definition) is 3. The van der Waals surface area contributed by atoms with E-state index < -0.39 is 0 Å². The second kappa shape index (κ2) is 7.13. The Kier molecular flexibility index (Phi) is 4.75. The molecule has 0 radical (unpaired) electrons. The standard InChI is InChI=1S/C20H20N2O2/c1-15-19(21-20(24-15)18-11-7-4-8-12-18)14-22(16(2)23)13-17-9-5-3-6-10-17/h3-12H,13-14H2,1-2H3. The molecule has 4 nitrogen and oxygen atoms in total. The highest BCUT2D eigenvalue weighted by molar-refractivity contribution is 5.73. The van der Waals surface area contributed by atoms with Crippen molar-refractivity contribution in [2.75, 3.05) is 0 Å². The molecule has 0 atom stereocenters. The van der Waals surface area contributed by atoms with Crippen LogP contribution in [0.15, 0.2) is 65.1 Å². The van der Waals surface area contributed by atoms with Crippen molar-refractivity contribution in [3.63, 3.8) is 0 Å². The molecule has 1 heterocycles. The molecule has 3 rings (SSSR count). The normalized spacial score (nSPS) is 10.6. The van der Waals surface area contributed by atoms with Crippen molar-refractivity contribution in [1.29, 1.82) is 0 Å². The summed E-state index contributed by atoms with van der Waals surface area (Å²) >= 11 is 0. The highest BCUT2D eigenvalue weighted by atomic mass is 16.4. The van der Waals surface area contributed by atoms with Crippen LogP contribution in [0.1, 0.15) is 23.9 Å². The van der Waals surface area contributed by atoms with Crippen LogP contribution in [-0.2, 0) is 17.9 Å². The SMILES string of the molecule is CC(=O)N(Cc1ccccc1)Cc1nc(-c2ccccc2)oc1C. The lowest BCUT2D eigenvalue weighted by molar-refractivity contribution is -0.130. The molecular weight excluding hydrogens is 300 g/mol. The van der Waals surface area contributed by atoms with Gasteiger partial charge in [0.1, 0.15) is 11.5 Å². The van der Waals surface area contributed by atoms with Crippen molar-refractivity contribution in [1.82, 2.24) is 9.88 Å². The summed E-state index contributed by atoms with van der Waals surface area (Å²) < 4.78 is 5.78. The zero-order valence-corrected chi connectivity index (χ0v) is 13.9. The fourth-order valence-electron chi connectivity index (χ4n) is 2.54. The maximum atomic E-state index is 12.0. The molecule has 0 bridgehead atoms. The number of amides is 1. The smallest absolute Gasteiger partial charge is 0.226 e. The van der Waals surface area contributed by atoms with E-state index in [0.717, 1.165) is 22.6 Å². The fraction of sp³-hybridized carbons (Fsp3) is 0.200. The first-order valence-corrected chi connectivity index (χ1v) is 7.94. The topological polar surface area (TPSA) is 46.3 Å². The maximum absolute atomic E-state index is 12.0. The Morgan fingerprint density at radius 1 is 1.00 bits per heavy atom. The predicted octanol–water partition coefficient (Wildman–Crippen LogP) is 4.20. The predicted molar refractivity (Wildman–Crippen MR) is 93.0 cm³/mol. The largest absolute Gasteiger partial charge is 0.441 e. The first-order chi connectivity index (χ1) is 11.6. The molecule has 0 fully saturated rings. The van der Waals surface area contributed by atoms with Crippen molar-refractivity contribution >= 4 is 5.91 Å². The molecule has 0 N–H and O–H groups in total. The molecule has 3 aromatic rings. The zero-order valence-electron chi connectivity index (χ0n) is 13.9. The molecule has 24 heavy (non-hydrogen) atoms. The van der Waals surface area contributed by atoms with E-state index in [4.69, 9.17) is 4.42 Å². The summed E-state index contributed by atoms with van der Waals surface area (Å²) in [6.45, 7) is 4.46. The van der Waals surface area contributed by atoms with Crippen LogP contribution in [-0.4, -0.2) is 15.8 Å². The van der Waals surface area contributed by atoms with E-state index in [9.17, 15) is 4.79 Å². The van der Waals surface area contributed by atoms with Crippen LogP contribution in [0.5, 0.6) is 0 Å². The zero-order chi connectivity index (χ0) is 16.9. The molecule has 0 unspecified atom stereocenters. The van der Waals surface area contributed by atoms with E-state index in [0.29, 0.717) is 19.0 Å². The van der Waals surface area contributed by atoms with Gasteiger partial charge in [-0.2, -0.15) is 0 Å². The average molecular weight is 320 g/mol. The van der Waals surface area contributed by atoms with Gasteiger partial charge in [-0.3, -0.25) is 4.79 Å². The minimum Gasteiger partial charge on any atom is -0.441 e. The minimum atomic E-state index is 0.0162. The highest BCUT2D eigenvalue weighted by Crippen LogP contribution is 2.22. The molecule has 0 saturated carbocycles. The summed E-state index contributed by atoms with van der Waals surface area (Å²) in [5.41, 5.74) is 2.82. The quantitative estimate of drug-likeness (QED) is 0.708.